The van der Waals surface area contributed by atoms with Crippen LogP contribution in [-0.4, -0.2) is 20.7 Å². The summed E-state index contributed by atoms with van der Waals surface area (Å²) >= 11 is 0. The molecule has 5 nitrogen and oxygen atoms in total. The molecule has 14 heavy (non-hydrogen) atoms. The monoisotopic (exact) mass is 192 g/mol. The minimum absolute atomic E-state index is 0.0153. The SMILES string of the molecule is NCCCn1ccn2nccc2c1=O. The van der Waals surface area contributed by atoms with Gasteiger partial charge in [0.1, 0.15) is 5.52 Å². The Morgan fingerprint density at radius 3 is 3.07 bits per heavy atom. The van der Waals surface area contributed by atoms with Crippen LogP contribution in [0.2, 0.25) is 0 Å². The molecule has 0 aliphatic rings. The molecule has 0 atom stereocenters. The van der Waals surface area contributed by atoms with E-state index in [0.29, 0.717) is 18.6 Å². The summed E-state index contributed by atoms with van der Waals surface area (Å²) in [4.78, 5) is 11.8. The first-order valence-corrected chi connectivity index (χ1v) is 4.56. The van der Waals surface area contributed by atoms with Gasteiger partial charge in [-0.15, -0.1) is 0 Å². The van der Waals surface area contributed by atoms with Crippen molar-refractivity contribution in [3.05, 3.63) is 35.0 Å². The third-order valence-corrected chi connectivity index (χ3v) is 2.14. The van der Waals surface area contributed by atoms with Crippen LogP contribution in [0.15, 0.2) is 29.5 Å². The van der Waals surface area contributed by atoms with E-state index in [4.69, 9.17) is 5.73 Å². The first-order valence-electron chi connectivity index (χ1n) is 4.56. The lowest BCUT2D eigenvalue weighted by Gasteiger charge is -2.03. The third kappa shape index (κ3) is 1.42. The second-order valence-electron chi connectivity index (χ2n) is 3.10. The smallest absolute Gasteiger partial charge is 0.276 e. The predicted molar refractivity (Wildman–Crippen MR) is 53.1 cm³/mol. The third-order valence-electron chi connectivity index (χ3n) is 2.14. The Labute approximate surface area is 80.8 Å². The van der Waals surface area contributed by atoms with Gasteiger partial charge in [0.05, 0.1) is 6.20 Å². The van der Waals surface area contributed by atoms with Crippen LogP contribution in [0.5, 0.6) is 0 Å². The average molecular weight is 192 g/mol. The maximum atomic E-state index is 11.8. The Morgan fingerprint density at radius 2 is 2.29 bits per heavy atom. The molecule has 0 saturated heterocycles. The van der Waals surface area contributed by atoms with E-state index >= 15 is 0 Å². The van der Waals surface area contributed by atoms with Crippen LogP contribution < -0.4 is 11.3 Å². The van der Waals surface area contributed by atoms with Gasteiger partial charge in [-0.1, -0.05) is 0 Å². The van der Waals surface area contributed by atoms with Gasteiger partial charge < -0.3 is 10.3 Å². The van der Waals surface area contributed by atoms with Crippen LogP contribution in [-0.2, 0) is 6.54 Å². The van der Waals surface area contributed by atoms with E-state index in [0.717, 1.165) is 6.42 Å². The highest BCUT2D eigenvalue weighted by atomic mass is 16.1. The number of hydrogen-bond donors (Lipinski definition) is 1. The number of nitrogens with zero attached hydrogens (tertiary/aromatic N) is 3. The molecule has 0 spiro atoms. The summed E-state index contributed by atoms with van der Waals surface area (Å²) in [6.07, 6.45) is 5.93. The molecule has 0 aromatic carbocycles. The molecule has 0 radical (unpaired) electrons. The van der Waals surface area contributed by atoms with Crippen molar-refractivity contribution in [2.45, 2.75) is 13.0 Å². The zero-order valence-corrected chi connectivity index (χ0v) is 7.76. The van der Waals surface area contributed by atoms with Gasteiger partial charge in [0, 0.05) is 18.9 Å². The first-order chi connectivity index (χ1) is 6.83. The van der Waals surface area contributed by atoms with Crippen molar-refractivity contribution in [2.75, 3.05) is 6.54 Å². The topological polar surface area (TPSA) is 65.3 Å². The summed E-state index contributed by atoms with van der Waals surface area (Å²) < 4.78 is 3.23. The molecule has 0 amide bonds. The van der Waals surface area contributed by atoms with Crippen molar-refractivity contribution >= 4 is 5.52 Å². The van der Waals surface area contributed by atoms with Crippen molar-refractivity contribution in [1.82, 2.24) is 14.2 Å². The molecule has 2 aromatic rings. The van der Waals surface area contributed by atoms with Crippen molar-refractivity contribution in [1.29, 1.82) is 0 Å². The van der Waals surface area contributed by atoms with Crippen molar-refractivity contribution in [2.24, 2.45) is 5.73 Å². The molecule has 74 valence electrons. The highest BCUT2D eigenvalue weighted by molar-refractivity contribution is 5.42. The van der Waals surface area contributed by atoms with Gasteiger partial charge in [0.25, 0.3) is 5.56 Å². The van der Waals surface area contributed by atoms with Crippen molar-refractivity contribution in [3.63, 3.8) is 0 Å². The Balaban J connectivity index is 2.46. The fourth-order valence-electron chi connectivity index (χ4n) is 1.40. The van der Waals surface area contributed by atoms with Crippen LogP contribution >= 0.6 is 0 Å². The molecule has 0 saturated carbocycles. The van der Waals surface area contributed by atoms with Gasteiger partial charge in [-0.3, -0.25) is 4.79 Å². The molecular weight excluding hydrogens is 180 g/mol. The van der Waals surface area contributed by atoms with Gasteiger partial charge in [-0.25, -0.2) is 4.52 Å². The number of rotatable bonds is 3. The zero-order valence-electron chi connectivity index (χ0n) is 7.76. The van der Waals surface area contributed by atoms with E-state index in [1.807, 2.05) is 0 Å². The number of aryl methyl sites for hydroxylation is 1. The van der Waals surface area contributed by atoms with Crippen LogP contribution in [0.1, 0.15) is 6.42 Å². The lowest BCUT2D eigenvalue weighted by molar-refractivity contribution is 0.625. The van der Waals surface area contributed by atoms with E-state index in [1.165, 1.54) is 0 Å². The molecular formula is C9H12N4O. The van der Waals surface area contributed by atoms with Gasteiger partial charge in [0.15, 0.2) is 0 Å². The van der Waals surface area contributed by atoms with Crippen LogP contribution in [0.3, 0.4) is 0 Å². The normalized spacial score (nSPS) is 10.9. The number of nitrogens with two attached hydrogens (primary N) is 1. The van der Waals surface area contributed by atoms with E-state index in [2.05, 4.69) is 5.10 Å². The standard InChI is InChI=1S/C9H12N4O/c10-3-1-5-12-6-7-13-8(9(12)14)2-4-11-13/h2,4,6-7H,1,3,5,10H2. The molecule has 2 aromatic heterocycles. The summed E-state index contributed by atoms with van der Waals surface area (Å²) in [6, 6.07) is 1.71. The van der Waals surface area contributed by atoms with Crippen LogP contribution in [0.4, 0.5) is 0 Å². The van der Waals surface area contributed by atoms with E-state index in [9.17, 15) is 4.79 Å². The number of aromatic nitrogens is 3. The fourth-order valence-corrected chi connectivity index (χ4v) is 1.40. The number of hydrogen-bond acceptors (Lipinski definition) is 3. The molecule has 2 N–H and O–H groups in total. The second-order valence-corrected chi connectivity index (χ2v) is 3.10. The summed E-state index contributed by atoms with van der Waals surface area (Å²) in [5, 5.41) is 3.98. The number of fused-ring (bicyclic) bond motifs is 1. The van der Waals surface area contributed by atoms with Crippen LogP contribution in [0, 0.1) is 0 Å². The Kier molecular flexibility index (Phi) is 2.32. The molecule has 0 fully saturated rings. The minimum atomic E-state index is -0.0153. The van der Waals surface area contributed by atoms with Gasteiger partial charge in [-0.2, -0.15) is 5.10 Å². The Bertz CT molecular complexity index is 485. The average Bonchev–Trinajstić information content (AvgIpc) is 2.66. The molecule has 2 rings (SSSR count). The summed E-state index contributed by atoms with van der Waals surface area (Å²) in [5.74, 6) is 0. The van der Waals surface area contributed by atoms with Crippen LogP contribution in [0.25, 0.3) is 5.52 Å². The Hall–Kier alpha value is -1.62. The summed E-state index contributed by atoms with van der Waals surface area (Å²) in [7, 11) is 0. The quantitative estimate of drug-likeness (QED) is 0.735. The van der Waals surface area contributed by atoms with E-state index < -0.39 is 0 Å². The van der Waals surface area contributed by atoms with Gasteiger partial charge in [0.2, 0.25) is 0 Å². The van der Waals surface area contributed by atoms with E-state index in [-0.39, 0.29) is 5.56 Å². The molecule has 0 unspecified atom stereocenters. The first kappa shape index (κ1) is 8.96. The maximum absolute atomic E-state index is 11.8. The van der Waals surface area contributed by atoms with Crippen molar-refractivity contribution in [3.8, 4) is 0 Å². The largest absolute Gasteiger partial charge is 0.330 e. The summed E-state index contributed by atoms with van der Waals surface area (Å²) in [5.41, 5.74) is 5.97. The fraction of sp³-hybridized carbons (Fsp3) is 0.333. The molecule has 0 bridgehead atoms. The predicted octanol–water partition coefficient (Wildman–Crippen LogP) is -0.155. The minimum Gasteiger partial charge on any atom is -0.330 e. The maximum Gasteiger partial charge on any atom is 0.276 e. The lowest BCUT2D eigenvalue weighted by Crippen LogP contribution is -2.22. The molecule has 0 aliphatic carbocycles. The second kappa shape index (κ2) is 3.63. The Morgan fingerprint density at radius 1 is 1.43 bits per heavy atom. The van der Waals surface area contributed by atoms with Gasteiger partial charge in [-0.05, 0) is 19.0 Å². The molecule has 2 heterocycles. The molecule has 5 heteroatoms. The zero-order chi connectivity index (χ0) is 9.97. The highest BCUT2D eigenvalue weighted by Gasteiger charge is 2.01. The van der Waals surface area contributed by atoms with E-state index in [1.54, 1.807) is 33.7 Å². The highest BCUT2D eigenvalue weighted by Crippen LogP contribution is 1.94. The lowest BCUT2D eigenvalue weighted by atomic mass is 10.4. The van der Waals surface area contributed by atoms with Gasteiger partial charge >= 0.3 is 0 Å². The summed E-state index contributed by atoms with van der Waals surface area (Å²) in [6.45, 7) is 1.26. The van der Waals surface area contributed by atoms with Crippen molar-refractivity contribution < 1.29 is 0 Å². The molecule has 0 aliphatic heterocycles.